The number of ether oxygens (including phenoxy) is 2. The maximum absolute atomic E-state index is 12.7. The van der Waals surface area contributed by atoms with Crippen molar-refractivity contribution in [3.05, 3.63) is 90.0 Å². The lowest BCUT2D eigenvalue weighted by atomic mass is 10.1. The number of rotatable bonds is 6. The van der Waals surface area contributed by atoms with E-state index < -0.39 is 11.9 Å². The number of nitrogens with zero attached hydrogens (tertiary/aromatic N) is 1. The van der Waals surface area contributed by atoms with Crippen LogP contribution in [0.4, 0.5) is 0 Å². The number of esters is 2. The first-order valence-electron chi connectivity index (χ1n) is 9.10. The highest BCUT2D eigenvalue weighted by Gasteiger charge is 2.19. The highest BCUT2D eigenvalue weighted by molar-refractivity contribution is 5.96. The van der Waals surface area contributed by atoms with Crippen LogP contribution in [0.2, 0.25) is 0 Å². The number of furan rings is 1. The van der Waals surface area contributed by atoms with Gasteiger partial charge >= 0.3 is 11.9 Å². The molecule has 7 nitrogen and oxygen atoms in total. The van der Waals surface area contributed by atoms with E-state index in [1.165, 1.54) is 13.2 Å². The summed E-state index contributed by atoms with van der Waals surface area (Å²) in [6, 6.07) is 19.4. The molecule has 0 amide bonds. The molecule has 0 saturated carbocycles. The van der Waals surface area contributed by atoms with E-state index in [1.54, 1.807) is 36.5 Å². The van der Waals surface area contributed by atoms with Crippen molar-refractivity contribution in [2.75, 3.05) is 7.11 Å². The molecule has 0 unspecified atom stereocenters. The zero-order valence-corrected chi connectivity index (χ0v) is 16.0. The molecule has 0 radical (unpaired) electrons. The molecule has 2 aromatic carbocycles. The topological polar surface area (TPSA) is 91.8 Å². The summed E-state index contributed by atoms with van der Waals surface area (Å²) in [5.74, 6) is 0.102. The number of methoxy groups -OCH3 is 1. The summed E-state index contributed by atoms with van der Waals surface area (Å²) in [5, 5.41) is 0. The fraction of sp³-hybridized carbons (Fsp3) is 0.0870. The largest absolute Gasteiger partial charge is 0.463 e. The van der Waals surface area contributed by atoms with Gasteiger partial charge in [-0.15, -0.1) is 0 Å². The van der Waals surface area contributed by atoms with Crippen molar-refractivity contribution in [2.24, 2.45) is 0 Å². The third kappa shape index (κ3) is 4.00. The van der Waals surface area contributed by atoms with E-state index in [-0.39, 0.29) is 12.4 Å². The number of aromatic nitrogens is 1. The Bertz CT molecular complexity index is 1180. The Kier molecular flexibility index (Phi) is 5.43. The zero-order valence-electron chi connectivity index (χ0n) is 16.0. The number of carbonyl (C=O) groups excluding carboxylic acids is 2. The summed E-state index contributed by atoms with van der Waals surface area (Å²) in [4.78, 5) is 28.4. The Morgan fingerprint density at radius 2 is 1.67 bits per heavy atom. The smallest absolute Gasteiger partial charge is 0.373 e. The molecule has 0 aliphatic heterocycles. The standard InChI is InChI=1S/C23H17NO6/c1-27-23(26)19-12-11-16(29-19)14-28-22(25)18-10-6-5-9-17(18)21-24-13-20(30-21)15-7-3-2-4-8-15/h2-13H,14H2,1H3. The van der Waals surface area contributed by atoms with E-state index in [0.29, 0.717) is 28.5 Å². The van der Waals surface area contributed by atoms with Gasteiger partial charge in [-0.25, -0.2) is 14.6 Å². The Morgan fingerprint density at radius 1 is 0.900 bits per heavy atom. The quantitative estimate of drug-likeness (QED) is 0.429. The molecule has 0 N–H and O–H groups in total. The summed E-state index contributed by atoms with van der Waals surface area (Å²) in [6.07, 6.45) is 1.62. The number of oxazole rings is 1. The maximum atomic E-state index is 12.7. The van der Waals surface area contributed by atoms with E-state index in [9.17, 15) is 9.59 Å². The van der Waals surface area contributed by atoms with Crippen molar-refractivity contribution in [2.45, 2.75) is 6.61 Å². The van der Waals surface area contributed by atoms with Gasteiger partial charge in [0, 0.05) is 5.56 Å². The van der Waals surface area contributed by atoms with Gasteiger partial charge in [0.25, 0.3) is 0 Å². The fourth-order valence-electron chi connectivity index (χ4n) is 2.86. The van der Waals surface area contributed by atoms with Crippen LogP contribution in [0.15, 0.2) is 81.8 Å². The molecule has 0 fully saturated rings. The Hall–Kier alpha value is -4.13. The number of benzene rings is 2. The molecule has 0 aliphatic rings. The first-order chi connectivity index (χ1) is 14.7. The van der Waals surface area contributed by atoms with Gasteiger partial charge in [-0.3, -0.25) is 0 Å². The van der Waals surface area contributed by atoms with Crippen LogP contribution in [0.5, 0.6) is 0 Å². The van der Waals surface area contributed by atoms with Gasteiger partial charge in [-0.2, -0.15) is 0 Å². The second-order valence-corrected chi connectivity index (χ2v) is 6.27. The molecular formula is C23H17NO6. The molecule has 0 atom stereocenters. The van der Waals surface area contributed by atoms with Gasteiger partial charge in [0.2, 0.25) is 11.7 Å². The summed E-state index contributed by atoms with van der Waals surface area (Å²) < 4.78 is 21.1. The number of carbonyl (C=O) groups is 2. The first-order valence-corrected chi connectivity index (χ1v) is 9.10. The Balaban J connectivity index is 1.52. The predicted octanol–water partition coefficient (Wildman–Crippen LogP) is 4.75. The minimum absolute atomic E-state index is 0.0391. The molecule has 0 saturated heterocycles. The molecule has 0 bridgehead atoms. The molecule has 150 valence electrons. The lowest BCUT2D eigenvalue weighted by molar-refractivity contribution is 0.0439. The van der Waals surface area contributed by atoms with E-state index in [4.69, 9.17) is 13.6 Å². The second kappa shape index (κ2) is 8.48. The van der Waals surface area contributed by atoms with Gasteiger partial charge in [-0.05, 0) is 24.3 Å². The van der Waals surface area contributed by atoms with E-state index in [1.807, 2.05) is 30.3 Å². The van der Waals surface area contributed by atoms with Gasteiger partial charge in [0.15, 0.2) is 5.76 Å². The fourth-order valence-corrected chi connectivity index (χ4v) is 2.86. The van der Waals surface area contributed by atoms with E-state index >= 15 is 0 Å². The third-order valence-corrected chi connectivity index (χ3v) is 4.34. The van der Waals surface area contributed by atoms with Crippen LogP contribution in [0.3, 0.4) is 0 Å². The molecule has 2 heterocycles. The SMILES string of the molecule is COC(=O)c1ccc(COC(=O)c2ccccc2-c2ncc(-c3ccccc3)o2)o1. The van der Waals surface area contributed by atoms with Crippen molar-refractivity contribution in [1.82, 2.24) is 4.98 Å². The summed E-state index contributed by atoms with van der Waals surface area (Å²) in [6.45, 7) is -0.134. The zero-order chi connectivity index (χ0) is 20.9. The molecule has 0 aliphatic carbocycles. The first kappa shape index (κ1) is 19.2. The molecular weight excluding hydrogens is 386 g/mol. The number of hydrogen-bond acceptors (Lipinski definition) is 7. The normalized spacial score (nSPS) is 10.6. The minimum Gasteiger partial charge on any atom is -0.463 e. The van der Waals surface area contributed by atoms with Gasteiger partial charge in [-0.1, -0.05) is 42.5 Å². The highest BCUT2D eigenvalue weighted by Crippen LogP contribution is 2.28. The van der Waals surface area contributed by atoms with Crippen LogP contribution in [0, 0.1) is 0 Å². The monoisotopic (exact) mass is 403 g/mol. The lowest BCUT2D eigenvalue weighted by Crippen LogP contribution is -2.06. The molecule has 4 rings (SSSR count). The molecule has 4 aromatic rings. The third-order valence-electron chi connectivity index (χ3n) is 4.34. The summed E-state index contributed by atoms with van der Waals surface area (Å²) in [7, 11) is 1.26. The van der Waals surface area contributed by atoms with Crippen molar-refractivity contribution in [3.8, 4) is 22.8 Å². The van der Waals surface area contributed by atoms with Crippen LogP contribution in [0.25, 0.3) is 22.8 Å². The average Bonchev–Trinajstić information content (AvgIpc) is 3.48. The lowest BCUT2D eigenvalue weighted by Gasteiger charge is -2.06. The van der Waals surface area contributed by atoms with Gasteiger partial charge in [0.05, 0.1) is 24.4 Å². The summed E-state index contributed by atoms with van der Waals surface area (Å²) in [5.41, 5.74) is 1.70. The number of hydrogen-bond donors (Lipinski definition) is 0. The van der Waals surface area contributed by atoms with Crippen LogP contribution >= 0.6 is 0 Å². The van der Waals surface area contributed by atoms with Crippen molar-refractivity contribution in [3.63, 3.8) is 0 Å². The average molecular weight is 403 g/mol. The predicted molar refractivity (Wildman–Crippen MR) is 107 cm³/mol. The molecule has 30 heavy (non-hydrogen) atoms. The van der Waals surface area contributed by atoms with Crippen LogP contribution in [-0.2, 0) is 16.1 Å². The summed E-state index contributed by atoms with van der Waals surface area (Å²) >= 11 is 0. The highest BCUT2D eigenvalue weighted by atomic mass is 16.6. The van der Waals surface area contributed by atoms with Crippen LogP contribution in [-0.4, -0.2) is 24.0 Å². The Morgan fingerprint density at radius 3 is 2.47 bits per heavy atom. The van der Waals surface area contributed by atoms with Crippen molar-refractivity contribution in [1.29, 1.82) is 0 Å². The molecule has 7 heteroatoms. The van der Waals surface area contributed by atoms with Crippen molar-refractivity contribution >= 4 is 11.9 Å². The van der Waals surface area contributed by atoms with Gasteiger partial charge < -0.3 is 18.3 Å². The maximum Gasteiger partial charge on any atom is 0.373 e. The Labute approximate surface area is 171 Å². The van der Waals surface area contributed by atoms with E-state index in [0.717, 1.165) is 5.56 Å². The van der Waals surface area contributed by atoms with Gasteiger partial charge in [0.1, 0.15) is 12.4 Å². The second-order valence-electron chi connectivity index (χ2n) is 6.27. The molecule has 0 spiro atoms. The van der Waals surface area contributed by atoms with Crippen LogP contribution in [0.1, 0.15) is 26.7 Å². The van der Waals surface area contributed by atoms with E-state index in [2.05, 4.69) is 9.72 Å². The van der Waals surface area contributed by atoms with Crippen LogP contribution < -0.4 is 0 Å². The van der Waals surface area contributed by atoms with Crippen molar-refractivity contribution < 1.29 is 27.9 Å². The molecule has 2 aromatic heterocycles. The minimum atomic E-state index is -0.601.